The number of primary amides is 1. The first kappa shape index (κ1) is 13.7. The van der Waals surface area contributed by atoms with Crippen LogP contribution in [0.4, 0.5) is 9.59 Å². The van der Waals surface area contributed by atoms with Crippen molar-refractivity contribution in [2.24, 2.45) is 11.4 Å². The van der Waals surface area contributed by atoms with E-state index in [1.54, 1.807) is 11.9 Å². The number of carbonyl (C=O) groups is 2. The van der Waals surface area contributed by atoms with Crippen LogP contribution < -0.4 is 16.6 Å². The van der Waals surface area contributed by atoms with Crippen molar-refractivity contribution in [1.29, 1.82) is 0 Å². The summed E-state index contributed by atoms with van der Waals surface area (Å²) in [6.07, 6.45) is 0. The largest absolute Gasteiger partial charge is 0.370 e. The van der Waals surface area contributed by atoms with E-state index in [2.05, 4.69) is 5.23 Å². The molecule has 15 heavy (non-hydrogen) atoms. The van der Waals surface area contributed by atoms with Gasteiger partial charge in [-0.05, 0) is 7.05 Å². The van der Waals surface area contributed by atoms with Crippen LogP contribution >= 0.6 is 0 Å². The number of ether oxygens (including phenoxy) is 1. The Labute approximate surface area is 89.5 Å². The van der Waals surface area contributed by atoms with Gasteiger partial charge in [0.15, 0.2) is 0 Å². The van der Waals surface area contributed by atoms with Crippen LogP contribution in [0.3, 0.4) is 0 Å². The van der Waals surface area contributed by atoms with E-state index in [4.69, 9.17) is 16.1 Å². The second-order valence-corrected chi connectivity index (χ2v) is 2.61. The van der Waals surface area contributed by atoms with Crippen molar-refractivity contribution in [3.05, 3.63) is 0 Å². The van der Waals surface area contributed by atoms with Gasteiger partial charge in [0.2, 0.25) is 0 Å². The molecule has 0 aliphatic carbocycles. The highest BCUT2D eigenvalue weighted by molar-refractivity contribution is 6.42. The van der Waals surface area contributed by atoms with Crippen LogP contribution in [0.25, 0.3) is 0 Å². The van der Waals surface area contributed by atoms with Gasteiger partial charge in [0.25, 0.3) is 0 Å². The summed E-state index contributed by atoms with van der Waals surface area (Å²) in [5, 5.41) is 2.30. The molecule has 0 atom stereocenters. The predicted octanol–water partition coefficient (Wildman–Crippen LogP) is -2.36. The third kappa shape index (κ3) is 5.25. The molecule has 0 spiro atoms. The molecule has 0 unspecified atom stereocenters. The zero-order chi connectivity index (χ0) is 11.8. The molecule has 0 aromatic carbocycles. The van der Waals surface area contributed by atoms with Gasteiger partial charge >= 0.3 is 27.2 Å². The summed E-state index contributed by atoms with van der Waals surface area (Å²) in [5.74, 6) is 0. The Morgan fingerprint density at radius 1 is 1.53 bits per heavy atom. The smallest absolute Gasteiger partial charge is 0.361 e. The number of nitrogens with one attached hydrogen (secondary N) is 1. The molecule has 10 heteroatoms. The van der Waals surface area contributed by atoms with Crippen molar-refractivity contribution in [3.8, 4) is 0 Å². The lowest BCUT2D eigenvalue weighted by Gasteiger charge is -2.18. The Morgan fingerprint density at radius 2 is 2.13 bits per heavy atom. The molecular formula is C5H13B2N5O3. The lowest BCUT2D eigenvalue weighted by atomic mass is 10.1. The van der Waals surface area contributed by atoms with Crippen molar-refractivity contribution >= 4 is 27.2 Å². The van der Waals surface area contributed by atoms with E-state index < -0.39 is 12.1 Å². The fraction of sp³-hybridized carbons (Fsp3) is 0.600. The Morgan fingerprint density at radius 3 is 2.53 bits per heavy atom. The van der Waals surface area contributed by atoms with Crippen molar-refractivity contribution in [2.75, 3.05) is 20.9 Å². The molecule has 8 nitrogen and oxygen atoms in total. The number of amides is 4. The Balaban J connectivity index is 3.96. The second kappa shape index (κ2) is 7.10. The van der Waals surface area contributed by atoms with Crippen LogP contribution in [-0.2, 0) is 4.74 Å². The van der Waals surface area contributed by atoms with E-state index in [1.807, 2.05) is 0 Å². The van der Waals surface area contributed by atoms with Crippen molar-refractivity contribution in [2.45, 2.75) is 0 Å². The number of hydrogen-bond acceptors (Lipinski definition) is 5. The SMILES string of the molecule is COCN(C)[B]NC(=O)N([B]N)C(N)=O. The van der Waals surface area contributed by atoms with Crippen LogP contribution in [0.5, 0.6) is 0 Å². The first-order chi connectivity index (χ1) is 7.02. The molecule has 0 saturated heterocycles. The van der Waals surface area contributed by atoms with Crippen molar-refractivity contribution in [3.63, 3.8) is 0 Å². The average molecular weight is 213 g/mol. The van der Waals surface area contributed by atoms with Crippen LogP contribution in [0.15, 0.2) is 0 Å². The van der Waals surface area contributed by atoms with Crippen molar-refractivity contribution in [1.82, 2.24) is 14.8 Å². The first-order valence-corrected chi connectivity index (χ1v) is 3.99. The van der Waals surface area contributed by atoms with Gasteiger partial charge in [-0.3, -0.25) is 9.61 Å². The summed E-state index contributed by atoms with van der Waals surface area (Å²) in [5.41, 5.74) is 9.90. The molecule has 0 fully saturated rings. The maximum absolute atomic E-state index is 11.2. The number of rotatable bonds is 5. The van der Waals surface area contributed by atoms with E-state index in [0.717, 1.165) is 7.55 Å². The van der Waals surface area contributed by atoms with Gasteiger partial charge in [-0.1, -0.05) is 0 Å². The van der Waals surface area contributed by atoms with E-state index in [-0.39, 0.29) is 0 Å². The Hall–Kier alpha value is -1.25. The second-order valence-electron chi connectivity index (χ2n) is 2.61. The first-order valence-electron chi connectivity index (χ1n) is 3.99. The summed E-state index contributed by atoms with van der Waals surface area (Å²) in [6.45, 7) is 0.295. The molecule has 0 aliphatic heterocycles. The third-order valence-corrected chi connectivity index (χ3v) is 1.35. The topological polar surface area (TPSA) is 114 Å². The number of urea groups is 2. The van der Waals surface area contributed by atoms with Gasteiger partial charge in [0, 0.05) is 7.11 Å². The standard InChI is InChI=1S/C5H13B2N5O3/c1-11(3-15-2)7-10-5(14)12(6-9)4(8)13/h3,9H2,1-2H3,(H2,8,13)(H,10,14). The van der Waals surface area contributed by atoms with Crippen LogP contribution in [-0.4, -0.2) is 57.7 Å². The molecule has 82 valence electrons. The summed E-state index contributed by atoms with van der Waals surface area (Å²) < 4.78 is 4.78. The highest BCUT2D eigenvalue weighted by atomic mass is 16.5. The zero-order valence-corrected chi connectivity index (χ0v) is 8.64. The molecular weight excluding hydrogens is 200 g/mol. The molecule has 0 aromatic heterocycles. The van der Waals surface area contributed by atoms with Gasteiger partial charge < -0.3 is 26.2 Å². The highest BCUT2D eigenvalue weighted by Gasteiger charge is 2.18. The molecule has 0 aliphatic rings. The maximum Gasteiger partial charge on any atom is 0.361 e. The highest BCUT2D eigenvalue weighted by Crippen LogP contribution is 1.84. The zero-order valence-electron chi connectivity index (χ0n) is 8.64. The van der Waals surface area contributed by atoms with Crippen LogP contribution in [0.2, 0.25) is 0 Å². The summed E-state index contributed by atoms with van der Waals surface area (Å²) in [4.78, 5) is 24.0. The third-order valence-electron chi connectivity index (χ3n) is 1.35. The number of nitrogens with two attached hydrogens (primary N) is 2. The van der Waals surface area contributed by atoms with E-state index in [9.17, 15) is 9.59 Å². The predicted molar refractivity (Wildman–Crippen MR) is 55.3 cm³/mol. The quantitative estimate of drug-likeness (QED) is 0.349. The summed E-state index contributed by atoms with van der Waals surface area (Å²) >= 11 is 0. The fourth-order valence-corrected chi connectivity index (χ4v) is 0.717. The molecule has 2 radical (unpaired) electrons. The number of hydrogen-bond donors (Lipinski definition) is 3. The minimum atomic E-state index is -0.960. The van der Waals surface area contributed by atoms with E-state index in [1.165, 1.54) is 14.7 Å². The van der Waals surface area contributed by atoms with E-state index >= 15 is 0 Å². The Kier molecular flexibility index (Phi) is 6.50. The molecule has 5 N–H and O–H groups in total. The molecule has 0 bridgehead atoms. The van der Waals surface area contributed by atoms with Gasteiger partial charge in [0.1, 0.15) is 0 Å². The molecule has 0 rings (SSSR count). The number of methoxy groups -OCH3 is 1. The fourth-order valence-electron chi connectivity index (χ4n) is 0.717. The number of imide groups is 1. The normalized spacial score (nSPS) is 9.60. The average Bonchev–Trinajstić information content (AvgIpc) is 2.15. The number of carbonyl (C=O) groups excluding carboxylic acids is 2. The lowest BCUT2D eigenvalue weighted by Crippen LogP contribution is -2.54. The van der Waals surface area contributed by atoms with Gasteiger partial charge in [-0.25, -0.2) is 4.79 Å². The molecule has 0 heterocycles. The van der Waals surface area contributed by atoms with Gasteiger partial charge in [0.05, 0.1) is 6.73 Å². The minimum absolute atomic E-state index is 0.295. The summed E-state index contributed by atoms with van der Waals surface area (Å²) in [6, 6.07) is -1.70. The minimum Gasteiger partial charge on any atom is -0.370 e. The van der Waals surface area contributed by atoms with Crippen molar-refractivity contribution < 1.29 is 14.3 Å². The monoisotopic (exact) mass is 213 g/mol. The molecule has 0 saturated carbocycles. The molecule has 4 amide bonds. The number of nitrogens with zero attached hydrogens (tertiary/aromatic N) is 2. The summed E-state index contributed by atoms with van der Waals surface area (Å²) in [7, 11) is 5.28. The Bertz CT molecular complexity index is 229. The van der Waals surface area contributed by atoms with Crippen LogP contribution in [0.1, 0.15) is 0 Å². The molecule has 0 aromatic rings. The van der Waals surface area contributed by atoms with Gasteiger partial charge in [-0.2, -0.15) is 0 Å². The van der Waals surface area contributed by atoms with Crippen LogP contribution in [0, 0.1) is 0 Å². The lowest BCUT2D eigenvalue weighted by molar-refractivity contribution is 0.129. The van der Waals surface area contributed by atoms with E-state index in [0.29, 0.717) is 11.5 Å². The maximum atomic E-state index is 11.2. The van der Waals surface area contributed by atoms with Gasteiger partial charge in [-0.15, -0.1) is 0 Å².